The van der Waals surface area contributed by atoms with E-state index in [1.54, 1.807) is 6.20 Å². The number of aryl methyl sites for hydroxylation is 2. The molecule has 0 saturated carbocycles. The van der Waals surface area contributed by atoms with Crippen LogP contribution in [0.15, 0.2) is 18.5 Å². The van der Waals surface area contributed by atoms with Gasteiger partial charge in [-0.2, -0.15) is 5.10 Å². The molecule has 0 unspecified atom stereocenters. The van der Waals surface area contributed by atoms with Gasteiger partial charge in [0.25, 0.3) is 0 Å². The molecule has 0 radical (unpaired) electrons. The molecule has 2 fully saturated rings. The Morgan fingerprint density at radius 2 is 2.12 bits per heavy atom. The summed E-state index contributed by atoms with van der Waals surface area (Å²) in [6.45, 7) is 5.64. The van der Waals surface area contributed by atoms with Crippen molar-refractivity contribution in [2.75, 3.05) is 37.7 Å². The lowest BCUT2D eigenvalue weighted by Crippen LogP contribution is -2.51. The fourth-order valence-corrected chi connectivity index (χ4v) is 3.70. The summed E-state index contributed by atoms with van der Waals surface area (Å²) in [5, 5.41) is 7.28. The number of nitrogens with one attached hydrogen (secondary N) is 1. The molecule has 1 amide bonds. The number of carbonyl (C=O) groups is 1. The van der Waals surface area contributed by atoms with Gasteiger partial charge in [0.2, 0.25) is 5.91 Å². The summed E-state index contributed by atoms with van der Waals surface area (Å²) in [6.07, 6.45) is 4.17. The van der Waals surface area contributed by atoms with Crippen molar-refractivity contribution in [1.29, 1.82) is 0 Å². The zero-order valence-electron chi connectivity index (χ0n) is 14.7. The van der Waals surface area contributed by atoms with Crippen LogP contribution in [0.5, 0.6) is 0 Å². The largest absolute Gasteiger partial charge is 0.369 e. The number of ether oxygens (including phenoxy) is 1. The first-order chi connectivity index (χ1) is 12.1. The van der Waals surface area contributed by atoms with E-state index in [1.807, 2.05) is 35.7 Å². The summed E-state index contributed by atoms with van der Waals surface area (Å²) in [6, 6.07) is 2.04. The van der Waals surface area contributed by atoms with E-state index in [-0.39, 0.29) is 17.9 Å². The van der Waals surface area contributed by atoms with Gasteiger partial charge in [-0.25, -0.2) is 4.98 Å². The molecular formula is C17H24N6O2. The number of hydrogen-bond acceptors (Lipinski definition) is 5. The summed E-state index contributed by atoms with van der Waals surface area (Å²) >= 11 is 0. The zero-order chi connectivity index (χ0) is 17.4. The van der Waals surface area contributed by atoms with Gasteiger partial charge in [-0.3, -0.25) is 9.89 Å². The normalized spacial score (nSPS) is 24.1. The van der Waals surface area contributed by atoms with E-state index in [1.165, 1.54) is 0 Å². The van der Waals surface area contributed by atoms with Crippen LogP contribution in [0.25, 0.3) is 0 Å². The third-order valence-corrected chi connectivity index (χ3v) is 5.13. The van der Waals surface area contributed by atoms with E-state index in [2.05, 4.69) is 20.1 Å². The molecule has 4 heterocycles. The Hall–Kier alpha value is -2.35. The molecule has 2 saturated heterocycles. The van der Waals surface area contributed by atoms with Crippen molar-refractivity contribution in [3.05, 3.63) is 30.0 Å². The number of aromatic nitrogens is 4. The third kappa shape index (κ3) is 3.02. The number of hydrogen-bond donors (Lipinski definition) is 1. The standard InChI is InChI=1S/C17H24N6O2/c1-12-11-14(20-19-12)22-6-8-23(9-7-22)17(24)13-3-10-25-15(13)16-18-4-5-21(16)2/h4-5,11,13,15H,3,6-10H2,1-2H3,(H,19,20)/t13-,15-/m1/s1. The molecule has 2 atom stereocenters. The molecular weight excluding hydrogens is 320 g/mol. The van der Waals surface area contributed by atoms with Gasteiger partial charge in [0.05, 0.1) is 5.92 Å². The first-order valence-electron chi connectivity index (χ1n) is 8.78. The van der Waals surface area contributed by atoms with Gasteiger partial charge in [0, 0.05) is 64.0 Å². The number of rotatable bonds is 3. The van der Waals surface area contributed by atoms with E-state index < -0.39 is 0 Å². The van der Waals surface area contributed by atoms with Crippen LogP contribution in [-0.2, 0) is 16.6 Å². The van der Waals surface area contributed by atoms with Gasteiger partial charge in [0.1, 0.15) is 11.9 Å². The van der Waals surface area contributed by atoms with Crippen LogP contribution in [0, 0.1) is 12.8 Å². The molecule has 2 aliphatic heterocycles. The quantitative estimate of drug-likeness (QED) is 0.894. The van der Waals surface area contributed by atoms with Crippen molar-refractivity contribution in [2.45, 2.75) is 19.4 Å². The Morgan fingerprint density at radius 1 is 1.32 bits per heavy atom. The highest BCUT2D eigenvalue weighted by Gasteiger charge is 2.40. The number of aromatic amines is 1. The Balaban J connectivity index is 1.41. The van der Waals surface area contributed by atoms with Gasteiger partial charge < -0.3 is 19.1 Å². The molecule has 2 aliphatic rings. The second-order valence-electron chi connectivity index (χ2n) is 6.80. The lowest BCUT2D eigenvalue weighted by Gasteiger charge is -2.36. The molecule has 0 aromatic carbocycles. The average Bonchev–Trinajstić information content (AvgIpc) is 3.35. The van der Waals surface area contributed by atoms with Gasteiger partial charge in [-0.1, -0.05) is 0 Å². The van der Waals surface area contributed by atoms with Crippen molar-refractivity contribution in [3.63, 3.8) is 0 Å². The Labute approximate surface area is 146 Å². The van der Waals surface area contributed by atoms with E-state index >= 15 is 0 Å². The molecule has 25 heavy (non-hydrogen) atoms. The van der Waals surface area contributed by atoms with E-state index in [0.717, 1.165) is 36.8 Å². The SMILES string of the molecule is Cc1cc(N2CCN(C(=O)[C@@H]3CCO[C@H]3c3nccn3C)CC2)n[nH]1. The Kier molecular flexibility index (Phi) is 4.20. The summed E-state index contributed by atoms with van der Waals surface area (Å²) < 4.78 is 7.78. The number of amides is 1. The maximum Gasteiger partial charge on any atom is 0.228 e. The van der Waals surface area contributed by atoms with Gasteiger partial charge in [-0.15, -0.1) is 0 Å². The molecule has 0 aliphatic carbocycles. The fourth-order valence-electron chi connectivity index (χ4n) is 3.70. The maximum atomic E-state index is 13.0. The van der Waals surface area contributed by atoms with Gasteiger partial charge in [0.15, 0.2) is 5.82 Å². The molecule has 4 rings (SSSR count). The van der Waals surface area contributed by atoms with E-state index in [9.17, 15) is 4.79 Å². The number of imidazole rings is 1. The lowest BCUT2D eigenvalue weighted by atomic mass is 9.98. The first-order valence-corrected chi connectivity index (χ1v) is 8.78. The number of nitrogens with zero attached hydrogens (tertiary/aromatic N) is 5. The summed E-state index contributed by atoms with van der Waals surface area (Å²) in [5.74, 6) is 1.84. The molecule has 2 aromatic heterocycles. The predicted octanol–water partition coefficient (Wildman–Crippen LogP) is 0.878. The number of anilines is 1. The summed E-state index contributed by atoms with van der Waals surface area (Å²) in [7, 11) is 1.94. The molecule has 0 bridgehead atoms. The lowest BCUT2D eigenvalue weighted by molar-refractivity contribution is -0.138. The smallest absolute Gasteiger partial charge is 0.228 e. The highest BCUT2D eigenvalue weighted by Crippen LogP contribution is 2.35. The Morgan fingerprint density at radius 3 is 2.76 bits per heavy atom. The minimum Gasteiger partial charge on any atom is -0.369 e. The van der Waals surface area contributed by atoms with Crippen molar-refractivity contribution < 1.29 is 9.53 Å². The van der Waals surface area contributed by atoms with Gasteiger partial charge >= 0.3 is 0 Å². The maximum absolute atomic E-state index is 13.0. The second kappa shape index (κ2) is 6.51. The van der Waals surface area contributed by atoms with Crippen LogP contribution in [0.4, 0.5) is 5.82 Å². The zero-order valence-corrected chi connectivity index (χ0v) is 14.7. The molecule has 1 N–H and O–H groups in total. The van der Waals surface area contributed by atoms with Crippen molar-refractivity contribution in [1.82, 2.24) is 24.6 Å². The molecule has 8 nitrogen and oxygen atoms in total. The number of H-pyrrole nitrogens is 1. The highest BCUT2D eigenvalue weighted by molar-refractivity contribution is 5.80. The van der Waals surface area contributed by atoms with Crippen LogP contribution in [0.2, 0.25) is 0 Å². The summed E-state index contributed by atoms with van der Waals surface area (Å²) in [4.78, 5) is 21.6. The van der Waals surface area contributed by atoms with Crippen LogP contribution in [0.3, 0.4) is 0 Å². The first kappa shape index (κ1) is 16.1. The minimum absolute atomic E-state index is 0.139. The van der Waals surface area contributed by atoms with Crippen LogP contribution < -0.4 is 4.90 Å². The second-order valence-corrected chi connectivity index (χ2v) is 6.80. The average molecular weight is 344 g/mol. The highest BCUT2D eigenvalue weighted by atomic mass is 16.5. The van der Waals surface area contributed by atoms with E-state index in [4.69, 9.17) is 4.74 Å². The molecule has 134 valence electrons. The number of piperazine rings is 1. The molecule has 8 heteroatoms. The van der Waals surface area contributed by atoms with E-state index in [0.29, 0.717) is 19.7 Å². The minimum atomic E-state index is -0.237. The van der Waals surface area contributed by atoms with Crippen LogP contribution in [0.1, 0.15) is 24.0 Å². The number of carbonyl (C=O) groups excluding carboxylic acids is 1. The summed E-state index contributed by atoms with van der Waals surface area (Å²) in [5.41, 5.74) is 1.05. The fraction of sp³-hybridized carbons (Fsp3) is 0.588. The predicted molar refractivity (Wildman–Crippen MR) is 92.1 cm³/mol. The van der Waals surface area contributed by atoms with Crippen LogP contribution in [-0.4, -0.2) is 63.3 Å². The topological polar surface area (TPSA) is 79.3 Å². The van der Waals surface area contributed by atoms with Crippen molar-refractivity contribution in [3.8, 4) is 0 Å². The van der Waals surface area contributed by atoms with Crippen molar-refractivity contribution >= 4 is 11.7 Å². The monoisotopic (exact) mass is 344 g/mol. The molecule has 2 aromatic rings. The van der Waals surface area contributed by atoms with Crippen molar-refractivity contribution in [2.24, 2.45) is 13.0 Å². The van der Waals surface area contributed by atoms with Crippen LogP contribution >= 0.6 is 0 Å². The molecule has 0 spiro atoms. The third-order valence-electron chi connectivity index (χ3n) is 5.13. The Bertz CT molecular complexity index is 746. The van der Waals surface area contributed by atoms with Gasteiger partial charge in [-0.05, 0) is 13.3 Å².